The minimum atomic E-state index is -0.587. The Morgan fingerprint density at radius 3 is 2.50 bits per heavy atom. The molecule has 0 aromatic heterocycles. The highest BCUT2D eigenvalue weighted by molar-refractivity contribution is 6.37. The summed E-state index contributed by atoms with van der Waals surface area (Å²) >= 11 is 11.9. The number of rotatable bonds is 5. The van der Waals surface area contributed by atoms with E-state index in [0.29, 0.717) is 13.0 Å². The molecule has 0 heterocycles. The maximum Gasteiger partial charge on any atom is 0.272 e. The second-order valence-corrected chi connectivity index (χ2v) is 5.19. The molecule has 1 fully saturated rings. The molecule has 0 amide bonds. The molecule has 0 aliphatic heterocycles. The Balaban J connectivity index is 2.16. The van der Waals surface area contributed by atoms with Crippen LogP contribution in [0.5, 0.6) is 5.75 Å². The first-order chi connectivity index (χ1) is 9.43. The molecule has 1 aromatic rings. The van der Waals surface area contributed by atoms with E-state index in [1.807, 2.05) is 6.92 Å². The van der Waals surface area contributed by atoms with Crippen molar-refractivity contribution >= 4 is 28.9 Å². The van der Waals surface area contributed by atoms with Crippen LogP contribution in [0.2, 0.25) is 10.0 Å². The predicted molar refractivity (Wildman–Crippen MR) is 73.6 cm³/mol. The molecule has 1 aliphatic carbocycles. The number of aliphatic hydroxyl groups is 1. The number of aliphatic hydroxyl groups excluding tert-OH is 1. The topological polar surface area (TPSA) is 81.8 Å². The van der Waals surface area contributed by atoms with Gasteiger partial charge in [-0.3, -0.25) is 10.1 Å². The maximum atomic E-state index is 10.7. The van der Waals surface area contributed by atoms with Crippen LogP contribution in [-0.2, 0) is 4.74 Å². The fourth-order valence-corrected chi connectivity index (χ4v) is 2.56. The minimum absolute atomic E-state index is 0.0563. The van der Waals surface area contributed by atoms with Gasteiger partial charge in [-0.05, 0) is 6.92 Å². The molecule has 8 heteroatoms. The van der Waals surface area contributed by atoms with Crippen LogP contribution in [0.3, 0.4) is 0 Å². The van der Waals surface area contributed by atoms with Gasteiger partial charge in [0.25, 0.3) is 5.69 Å². The van der Waals surface area contributed by atoms with Crippen molar-refractivity contribution < 1.29 is 19.5 Å². The van der Waals surface area contributed by atoms with E-state index in [-0.39, 0.29) is 27.6 Å². The monoisotopic (exact) mass is 321 g/mol. The van der Waals surface area contributed by atoms with E-state index >= 15 is 0 Å². The molecule has 6 nitrogen and oxygen atoms in total. The second kappa shape index (κ2) is 6.13. The van der Waals surface area contributed by atoms with Gasteiger partial charge in [-0.1, -0.05) is 23.2 Å². The molecule has 0 spiro atoms. The summed E-state index contributed by atoms with van der Waals surface area (Å²) in [6.07, 6.45) is -1.01. The smallest absolute Gasteiger partial charge is 0.272 e. The molecule has 1 aliphatic rings. The van der Waals surface area contributed by atoms with Gasteiger partial charge in [0.2, 0.25) is 0 Å². The Labute approximate surface area is 125 Å². The van der Waals surface area contributed by atoms with Crippen molar-refractivity contribution in [2.24, 2.45) is 0 Å². The quantitative estimate of drug-likeness (QED) is 0.666. The van der Waals surface area contributed by atoms with Gasteiger partial charge in [0.1, 0.15) is 12.2 Å². The van der Waals surface area contributed by atoms with Crippen LogP contribution in [0.4, 0.5) is 5.69 Å². The van der Waals surface area contributed by atoms with Gasteiger partial charge in [0, 0.05) is 25.2 Å². The van der Waals surface area contributed by atoms with Crippen LogP contribution < -0.4 is 4.74 Å². The Hall–Kier alpha value is -1.08. The molecular weight excluding hydrogens is 309 g/mol. The summed E-state index contributed by atoms with van der Waals surface area (Å²) in [4.78, 5) is 10.1. The summed E-state index contributed by atoms with van der Waals surface area (Å²) in [5, 5.41) is 20.4. The van der Waals surface area contributed by atoms with Gasteiger partial charge in [0.15, 0.2) is 5.75 Å². The van der Waals surface area contributed by atoms with Gasteiger partial charge in [0.05, 0.1) is 21.1 Å². The lowest BCUT2D eigenvalue weighted by atomic mass is 9.88. The Kier molecular flexibility index (Phi) is 4.70. The van der Waals surface area contributed by atoms with Crippen LogP contribution in [0.25, 0.3) is 0 Å². The van der Waals surface area contributed by atoms with Crippen molar-refractivity contribution in [2.75, 3.05) is 6.61 Å². The minimum Gasteiger partial charge on any atom is -0.484 e. The zero-order valence-electron chi connectivity index (χ0n) is 10.6. The van der Waals surface area contributed by atoms with Crippen LogP contribution in [0.1, 0.15) is 13.3 Å². The van der Waals surface area contributed by atoms with E-state index in [9.17, 15) is 15.2 Å². The number of nitro groups is 1. The van der Waals surface area contributed by atoms with Crippen molar-refractivity contribution in [1.82, 2.24) is 0 Å². The first-order valence-corrected chi connectivity index (χ1v) is 6.79. The molecule has 20 heavy (non-hydrogen) atoms. The Bertz CT molecular complexity index is 502. The summed E-state index contributed by atoms with van der Waals surface area (Å²) < 4.78 is 11.0. The summed E-state index contributed by atoms with van der Waals surface area (Å²) in [6, 6.07) is 2.35. The first kappa shape index (κ1) is 15.3. The van der Waals surface area contributed by atoms with Crippen molar-refractivity contribution in [3.63, 3.8) is 0 Å². The lowest BCUT2D eigenvalue weighted by molar-refractivity contribution is -0.384. The second-order valence-electron chi connectivity index (χ2n) is 4.37. The fraction of sp³-hybridized carbons (Fsp3) is 0.500. The molecular formula is C12H13Cl2NO5. The van der Waals surface area contributed by atoms with E-state index in [1.165, 1.54) is 12.1 Å². The molecule has 0 saturated heterocycles. The third-order valence-electron chi connectivity index (χ3n) is 3.04. The summed E-state index contributed by atoms with van der Waals surface area (Å²) in [5.41, 5.74) is -0.206. The van der Waals surface area contributed by atoms with Crippen LogP contribution in [0.15, 0.2) is 12.1 Å². The summed E-state index contributed by atoms with van der Waals surface area (Å²) in [7, 11) is 0. The van der Waals surface area contributed by atoms with Gasteiger partial charge in [-0.25, -0.2) is 0 Å². The molecule has 1 aromatic carbocycles. The van der Waals surface area contributed by atoms with Crippen LogP contribution in [-0.4, -0.2) is 34.9 Å². The summed E-state index contributed by atoms with van der Waals surface area (Å²) in [6.45, 7) is 2.26. The first-order valence-electron chi connectivity index (χ1n) is 6.03. The highest BCUT2D eigenvalue weighted by atomic mass is 35.5. The number of benzene rings is 1. The number of halogens is 2. The van der Waals surface area contributed by atoms with E-state index in [2.05, 4.69) is 0 Å². The molecule has 1 N–H and O–H groups in total. The number of nitrogens with zero attached hydrogens (tertiary/aromatic N) is 1. The molecule has 0 bridgehead atoms. The van der Waals surface area contributed by atoms with Crippen molar-refractivity contribution in [2.45, 2.75) is 31.7 Å². The fourth-order valence-electron chi connectivity index (χ4n) is 2.00. The Morgan fingerprint density at radius 2 is 2.05 bits per heavy atom. The number of ether oxygens (including phenoxy) is 2. The molecule has 3 atom stereocenters. The van der Waals surface area contributed by atoms with E-state index in [0.717, 1.165) is 0 Å². The lowest BCUT2D eigenvalue weighted by Crippen LogP contribution is -2.55. The highest BCUT2D eigenvalue weighted by Gasteiger charge is 2.43. The zero-order chi connectivity index (χ0) is 14.9. The van der Waals surface area contributed by atoms with Gasteiger partial charge in [-0.15, -0.1) is 0 Å². The molecule has 3 unspecified atom stereocenters. The maximum absolute atomic E-state index is 10.7. The average molecular weight is 322 g/mol. The zero-order valence-corrected chi connectivity index (χ0v) is 12.1. The standard InChI is InChI=1S/C12H13Cl2NO5/c1-2-19-12-9(16)5-10(12)20-11-7(13)3-6(15(17)18)4-8(11)14/h3-4,9-10,12,16H,2,5H2,1H3. The van der Waals surface area contributed by atoms with Gasteiger partial charge in [-0.2, -0.15) is 0 Å². The number of nitro benzene ring substituents is 1. The van der Waals surface area contributed by atoms with Crippen LogP contribution >= 0.6 is 23.2 Å². The third kappa shape index (κ3) is 2.98. The SMILES string of the molecule is CCOC1C(O)CC1Oc1c(Cl)cc([N+](=O)[O-])cc1Cl. The van der Waals surface area contributed by atoms with Gasteiger partial charge < -0.3 is 14.6 Å². The molecule has 1 saturated carbocycles. The summed E-state index contributed by atoms with van der Waals surface area (Å²) in [5.74, 6) is 0.167. The van der Waals surface area contributed by atoms with Gasteiger partial charge >= 0.3 is 0 Å². The third-order valence-corrected chi connectivity index (χ3v) is 3.60. The number of hydrogen-bond acceptors (Lipinski definition) is 5. The number of hydrogen-bond donors (Lipinski definition) is 1. The van der Waals surface area contributed by atoms with E-state index in [4.69, 9.17) is 32.7 Å². The van der Waals surface area contributed by atoms with Crippen molar-refractivity contribution in [3.05, 3.63) is 32.3 Å². The largest absolute Gasteiger partial charge is 0.484 e. The van der Waals surface area contributed by atoms with E-state index < -0.39 is 17.1 Å². The molecule has 110 valence electrons. The normalized spacial score (nSPS) is 25.1. The average Bonchev–Trinajstić information content (AvgIpc) is 2.38. The van der Waals surface area contributed by atoms with E-state index in [1.54, 1.807) is 0 Å². The van der Waals surface area contributed by atoms with Crippen molar-refractivity contribution in [1.29, 1.82) is 0 Å². The molecule has 0 radical (unpaired) electrons. The highest BCUT2D eigenvalue weighted by Crippen LogP contribution is 2.40. The molecule has 2 rings (SSSR count). The predicted octanol–water partition coefficient (Wildman–Crippen LogP) is 2.82. The lowest BCUT2D eigenvalue weighted by Gasteiger charge is -2.40. The van der Waals surface area contributed by atoms with Crippen LogP contribution in [0, 0.1) is 10.1 Å². The Morgan fingerprint density at radius 1 is 1.45 bits per heavy atom. The number of non-ortho nitro benzene ring substituents is 1. The van der Waals surface area contributed by atoms with Crippen molar-refractivity contribution in [3.8, 4) is 5.75 Å².